The summed E-state index contributed by atoms with van der Waals surface area (Å²) in [5, 5.41) is 4.79. The number of nitrogens with one attached hydrogen (secondary N) is 1. The van der Waals surface area contributed by atoms with Crippen molar-refractivity contribution >= 4 is 11.6 Å². The summed E-state index contributed by atoms with van der Waals surface area (Å²) in [5.74, 6) is 2.45. The van der Waals surface area contributed by atoms with Crippen molar-refractivity contribution in [2.45, 2.75) is 38.6 Å². The predicted molar refractivity (Wildman–Crippen MR) is 95.4 cm³/mol. The molecule has 0 radical (unpaired) electrons. The number of halogens is 1. The van der Waals surface area contributed by atoms with Crippen molar-refractivity contribution < 1.29 is 4.42 Å². The normalized spacial score (nSPS) is 15.6. The second-order valence-electron chi connectivity index (χ2n) is 6.49. The van der Waals surface area contributed by atoms with Crippen LogP contribution < -0.4 is 5.56 Å². The highest BCUT2D eigenvalue weighted by atomic mass is 35.5. The first kappa shape index (κ1) is 16.1. The molecule has 0 unspecified atom stereocenters. The largest absolute Gasteiger partial charge is 0.461 e. The van der Waals surface area contributed by atoms with Crippen LogP contribution in [0.25, 0.3) is 23.0 Å². The highest BCUT2D eigenvalue weighted by Gasteiger charge is 2.20. The lowest BCUT2D eigenvalue weighted by Crippen LogP contribution is -2.16. The smallest absolute Gasteiger partial charge is 0.266 e. The molecule has 0 aromatic carbocycles. The monoisotopic (exact) mass is 358 g/mol. The first-order valence-electron chi connectivity index (χ1n) is 8.58. The molecule has 0 saturated heterocycles. The third-order valence-electron chi connectivity index (χ3n) is 4.69. The van der Waals surface area contributed by atoms with Crippen LogP contribution in [0.4, 0.5) is 0 Å². The fraction of sp³-hybridized carbons (Fsp3) is 0.389. The van der Waals surface area contributed by atoms with Crippen molar-refractivity contribution in [1.82, 2.24) is 19.7 Å². The second-order valence-corrected chi connectivity index (χ2v) is 6.90. The Morgan fingerprint density at radius 1 is 1.32 bits per heavy atom. The van der Waals surface area contributed by atoms with Crippen molar-refractivity contribution in [2.75, 3.05) is 0 Å². The van der Waals surface area contributed by atoms with Crippen LogP contribution >= 0.6 is 11.6 Å². The predicted octanol–water partition coefficient (Wildman–Crippen LogP) is 4.13. The van der Waals surface area contributed by atoms with Gasteiger partial charge in [0.25, 0.3) is 5.56 Å². The van der Waals surface area contributed by atoms with Gasteiger partial charge >= 0.3 is 0 Å². The van der Waals surface area contributed by atoms with Crippen LogP contribution in [0.1, 0.15) is 32.1 Å². The van der Waals surface area contributed by atoms with Crippen molar-refractivity contribution in [3.63, 3.8) is 0 Å². The number of aromatic nitrogens is 4. The SMILES string of the molecule is O=c1[nH]cc(-c2nc(-c3ccco3)nn2CC2CCCCC2)cc1Cl. The van der Waals surface area contributed by atoms with Crippen LogP contribution in [-0.4, -0.2) is 19.7 Å². The molecule has 3 aromatic rings. The third kappa shape index (κ3) is 3.39. The van der Waals surface area contributed by atoms with Crippen LogP contribution in [-0.2, 0) is 6.54 Å². The molecule has 0 aliphatic heterocycles. The highest BCUT2D eigenvalue weighted by Crippen LogP contribution is 2.28. The van der Waals surface area contributed by atoms with Crippen LogP contribution in [0.15, 0.2) is 39.9 Å². The standard InChI is InChI=1S/C18H19ClN4O2/c19-14-9-13(10-20-18(14)24)17-21-16(15-7-4-8-25-15)22-23(17)11-12-5-2-1-3-6-12/h4,7-10,12H,1-3,5-6,11H2,(H,20,24). The lowest BCUT2D eigenvalue weighted by atomic mass is 9.89. The Labute approximate surface area is 149 Å². The molecular formula is C18H19ClN4O2. The van der Waals surface area contributed by atoms with Gasteiger partial charge in [0.1, 0.15) is 5.02 Å². The summed E-state index contributed by atoms with van der Waals surface area (Å²) >= 11 is 5.99. The Balaban J connectivity index is 1.74. The van der Waals surface area contributed by atoms with Gasteiger partial charge in [-0.05, 0) is 37.0 Å². The molecule has 3 aromatic heterocycles. The molecule has 1 N–H and O–H groups in total. The lowest BCUT2D eigenvalue weighted by Gasteiger charge is -2.21. The van der Waals surface area contributed by atoms with E-state index in [9.17, 15) is 4.79 Å². The van der Waals surface area contributed by atoms with Gasteiger partial charge in [-0.25, -0.2) is 9.67 Å². The average molecular weight is 359 g/mol. The molecule has 1 aliphatic rings. The van der Waals surface area contributed by atoms with Gasteiger partial charge in [0.15, 0.2) is 11.6 Å². The molecule has 130 valence electrons. The minimum atomic E-state index is -0.310. The molecule has 1 fully saturated rings. The molecule has 3 heterocycles. The molecule has 0 atom stereocenters. The van der Waals surface area contributed by atoms with Crippen LogP contribution in [0.5, 0.6) is 0 Å². The maximum Gasteiger partial charge on any atom is 0.266 e. The minimum Gasteiger partial charge on any atom is -0.461 e. The van der Waals surface area contributed by atoms with Gasteiger partial charge in [0.2, 0.25) is 5.82 Å². The maximum atomic E-state index is 11.6. The highest BCUT2D eigenvalue weighted by molar-refractivity contribution is 6.30. The molecule has 6 nitrogen and oxygen atoms in total. The van der Waals surface area contributed by atoms with Gasteiger partial charge < -0.3 is 9.40 Å². The molecule has 1 saturated carbocycles. The van der Waals surface area contributed by atoms with E-state index in [2.05, 4.69) is 15.1 Å². The van der Waals surface area contributed by atoms with E-state index in [1.807, 2.05) is 16.8 Å². The maximum absolute atomic E-state index is 11.6. The number of hydrogen-bond donors (Lipinski definition) is 1. The summed E-state index contributed by atoms with van der Waals surface area (Å²) in [6.07, 6.45) is 9.50. The Bertz CT molecular complexity index is 908. The average Bonchev–Trinajstić information content (AvgIpc) is 3.28. The van der Waals surface area contributed by atoms with Crippen LogP contribution in [0.2, 0.25) is 5.02 Å². The number of hydrogen-bond acceptors (Lipinski definition) is 4. The van der Waals surface area contributed by atoms with E-state index in [0.717, 1.165) is 12.1 Å². The molecule has 1 aliphatic carbocycles. The Morgan fingerprint density at radius 2 is 2.16 bits per heavy atom. The number of nitrogens with zero attached hydrogens (tertiary/aromatic N) is 3. The van der Waals surface area contributed by atoms with Gasteiger partial charge in [0, 0.05) is 18.3 Å². The van der Waals surface area contributed by atoms with E-state index in [1.54, 1.807) is 18.5 Å². The van der Waals surface area contributed by atoms with Crippen molar-refractivity contribution in [2.24, 2.45) is 5.92 Å². The topological polar surface area (TPSA) is 76.7 Å². The summed E-state index contributed by atoms with van der Waals surface area (Å²) in [6.45, 7) is 0.805. The molecule has 0 amide bonds. The number of H-pyrrole nitrogens is 1. The van der Waals surface area contributed by atoms with E-state index in [-0.39, 0.29) is 10.6 Å². The number of rotatable bonds is 4. The van der Waals surface area contributed by atoms with Gasteiger partial charge in [-0.15, -0.1) is 5.10 Å². The fourth-order valence-corrected chi connectivity index (χ4v) is 3.56. The molecule has 7 heteroatoms. The summed E-state index contributed by atoms with van der Waals surface area (Å²) in [6, 6.07) is 5.28. The number of furan rings is 1. The zero-order valence-corrected chi connectivity index (χ0v) is 14.5. The van der Waals surface area contributed by atoms with Gasteiger partial charge in [0.05, 0.1) is 6.26 Å². The first-order valence-corrected chi connectivity index (χ1v) is 8.96. The van der Waals surface area contributed by atoms with E-state index in [1.165, 1.54) is 32.1 Å². The Morgan fingerprint density at radius 3 is 2.88 bits per heavy atom. The van der Waals surface area contributed by atoms with Crippen molar-refractivity contribution in [3.8, 4) is 23.0 Å². The summed E-state index contributed by atoms with van der Waals surface area (Å²) in [5.41, 5.74) is 0.431. The molecule has 0 spiro atoms. The Kier molecular flexibility index (Phi) is 4.44. The van der Waals surface area contributed by atoms with E-state index in [0.29, 0.717) is 23.3 Å². The van der Waals surface area contributed by atoms with Gasteiger partial charge in [-0.1, -0.05) is 30.9 Å². The van der Waals surface area contributed by atoms with Crippen LogP contribution in [0.3, 0.4) is 0 Å². The zero-order valence-electron chi connectivity index (χ0n) is 13.7. The van der Waals surface area contributed by atoms with Crippen molar-refractivity contribution in [1.29, 1.82) is 0 Å². The van der Waals surface area contributed by atoms with Crippen LogP contribution in [0, 0.1) is 5.92 Å². The molecule has 0 bridgehead atoms. The summed E-state index contributed by atoms with van der Waals surface area (Å²) in [7, 11) is 0. The summed E-state index contributed by atoms with van der Waals surface area (Å²) in [4.78, 5) is 18.8. The van der Waals surface area contributed by atoms with E-state index >= 15 is 0 Å². The van der Waals surface area contributed by atoms with E-state index < -0.39 is 0 Å². The van der Waals surface area contributed by atoms with E-state index in [4.69, 9.17) is 16.0 Å². The minimum absolute atomic E-state index is 0.143. The molecule has 25 heavy (non-hydrogen) atoms. The number of aromatic amines is 1. The molecular weight excluding hydrogens is 340 g/mol. The van der Waals surface area contributed by atoms with Gasteiger partial charge in [-0.3, -0.25) is 4.79 Å². The Hall–Kier alpha value is -2.34. The quantitative estimate of drug-likeness (QED) is 0.760. The third-order valence-corrected chi connectivity index (χ3v) is 4.97. The first-order chi connectivity index (χ1) is 12.2. The number of pyridine rings is 1. The fourth-order valence-electron chi connectivity index (χ4n) is 3.39. The lowest BCUT2D eigenvalue weighted by molar-refractivity contribution is 0.309. The summed E-state index contributed by atoms with van der Waals surface area (Å²) < 4.78 is 7.35. The second kappa shape index (κ2) is 6.88. The van der Waals surface area contributed by atoms with Crippen molar-refractivity contribution in [3.05, 3.63) is 46.0 Å². The molecule has 4 rings (SSSR count). The zero-order chi connectivity index (χ0) is 17.2. The van der Waals surface area contributed by atoms with Gasteiger partial charge in [-0.2, -0.15) is 0 Å².